The molecule has 0 bridgehead atoms. The van der Waals surface area contributed by atoms with Crippen LogP contribution in [0.1, 0.15) is 35.1 Å². The van der Waals surface area contributed by atoms with Crippen molar-refractivity contribution in [2.24, 2.45) is 0 Å². The molecule has 4 aromatic rings. The van der Waals surface area contributed by atoms with E-state index in [0.717, 1.165) is 24.4 Å². The SMILES string of the molecule is O=C(O)c1cn(C2CC2)c2cc(N3CCN(Cc4n[nH]c(=S)n4-c4ccccc4)CC3)c(F)cc2c1=O. The number of aromatic nitrogens is 4. The minimum Gasteiger partial charge on any atom is -0.477 e. The average Bonchev–Trinajstić information content (AvgIpc) is 3.68. The number of fused-ring (bicyclic) bond motifs is 1. The molecular weight excluding hydrogens is 495 g/mol. The number of halogens is 1. The van der Waals surface area contributed by atoms with E-state index < -0.39 is 17.2 Å². The molecule has 11 heteroatoms. The fourth-order valence-corrected chi connectivity index (χ4v) is 5.29. The maximum atomic E-state index is 15.3. The Hall–Kier alpha value is -3.83. The number of carboxylic acid groups (broad SMARTS) is 1. The number of H-pyrrole nitrogens is 1. The number of carboxylic acids is 1. The molecule has 3 heterocycles. The Morgan fingerprint density at radius 2 is 1.86 bits per heavy atom. The molecule has 2 aromatic heterocycles. The van der Waals surface area contributed by atoms with E-state index in [2.05, 4.69) is 15.1 Å². The summed E-state index contributed by atoms with van der Waals surface area (Å²) < 4.78 is 19.6. The maximum Gasteiger partial charge on any atom is 0.341 e. The Bertz CT molecular complexity index is 1620. The van der Waals surface area contributed by atoms with E-state index >= 15 is 4.39 Å². The Labute approximate surface area is 216 Å². The lowest BCUT2D eigenvalue weighted by Gasteiger charge is -2.36. The van der Waals surface area contributed by atoms with Crippen LogP contribution in [0.5, 0.6) is 0 Å². The van der Waals surface area contributed by atoms with Gasteiger partial charge < -0.3 is 14.6 Å². The van der Waals surface area contributed by atoms with Crippen molar-refractivity contribution >= 4 is 34.8 Å². The number of hydrogen-bond acceptors (Lipinski definition) is 6. The number of aromatic amines is 1. The van der Waals surface area contributed by atoms with Crippen LogP contribution in [-0.2, 0) is 6.54 Å². The first-order valence-corrected chi connectivity index (χ1v) is 12.6. The smallest absolute Gasteiger partial charge is 0.341 e. The summed E-state index contributed by atoms with van der Waals surface area (Å²) in [5.74, 6) is -1.01. The van der Waals surface area contributed by atoms with Gasteiger partial charge in [-0.3, -0.25) is 19.4 Å². The number of aromatic carboxylic acids is 1. The topological polar surface area (TPSA) is 99.4 Å². The van der Waals surface area contributed by atoms with Gasteiger partial charge >= 0.3 is 5.97 Å². The highest BCUT2D eigenvalue weighted by molar-refractivity contribution is 7.71. The van der Waals surface area contributed by atoms with Crippen molar-refractivity contribution in [3.8, 4) is 5.69 Å². The van der Waals surface area contributed by atoms with Crippen LogP contribution in [0, 0.1) is 10.6 Å². The summed E-state index contributed by atoms with van der Waals surface area (Å²) in [6.07, 6.45) is 3.22. The van der Waals surface area contributed by atoms with Crippen molar-refractivity contribution in [2.45, 2.75) is 25.4 Å². The van der Waals surface area contributed by atoms with Crippen LogP contribution >= 0.6 is 12.2 Å². The second-order valence-corrected chi connectivity index (χ2v) is 9.90. The zero-order valence-electron chi connectivity index (χ0n) is 19.9. The lowest BCUT2D eigenvalue weighted by molar-refractivity contribution is 0.0695. The van der Waals surface area contributed by atoms with Gasteiger partial charge in [-0.25, -0.2) is 9.18 Å². The Morgan fingerprint density at radius 1 is 1.14 bits per heavy atom. The Kier molecular flexibility index (Phi) is 5.88. The van der Waals surface area contributed by atoms with Crippen molar-refractivity contribution in [2.75, 3.05) is 31.1 Å². The first kappa shape index (κ1) is 23.6. The number of nitrogens with zero attached hydrogens (tertiary/aromatic N) is 5. The fourth-order valence-electron chi connectivity index (χ4n) is 5.03. The van der Waals surface area contributed by atoms with Crippen molar-refractivity contribution in [3.05, 3.63) is 80.9 Å². The van der Waals surface area contributed by atoms with Gasteiger partial charge in [0.25, 0.3) is 0 Å². The Morgan fingerprint density at radius 3 is 2.54 bits per heavy atom. The zero-order chi connectivity index (χ0) is 25.7. The van der Waals surface area contributed by atoms with E-state index in [1.165, 1.54) is 12.3 Å². The number of para-hydroxylation sites is 1. The number of rotatable bonds is 6. The summed E-state index contributed by atoms with van der Waals surface area (Å²) in [6.45, 7) is 3.17. The van der Waals surface area contributed by atoms with Crippen LogP contribution in [0.25, 0.3) is 16.6 Å². The number of hydrogen-bond donors (Lipinski definition) is 2. The van der Waals surface area contributed by atoms with E-state index in [9.17, 15) is 14.7 Å². The largest absolute Gasteiger partial charge is 0.477 e. The van der Waals surface area contributed by atoms with E-state index in [0.29, 0.717) is 48.7 Å². The molecular formula is C26H25FN6O3S. The van der Waals surface area contributed by atoms with Gasteiger partial charge in [0, 0.05) is 49.5 Å². The highest BCUT2D eigenvalue weighted by Gasteiger charge is 2.28. The Balaban J connectivity index is 1.24. The molecule has 0 unspecified atom stereocenters. The number of carbonyl (C=O) groups is 1. The molecule has 1 aliphatic carbocycles. The van der Waals surface area contributed by atoms with E-state index in [4.69, 9.17) is 12.2 Å². The van der Waals surface area contributed by atoms with Gasteiger partial charge in [-0.05, 0) is 49.3 Å². The molecule has 1 saturated carbocycles. The van der Waals surface area contributed by atoms with Crippen LogP contribution in [0.2, 0.25) is 0 Å². The molecule has 2 N–H and O–H groups in total. The van der Waals surface area contributed by atoms with E-state index in [1.807, 2.05) is 44.4 Å². The minimum absolute atomic E-state index is 0.107. The van der Waals surface area contributed by atoms with Crippen LogP contribution in [0.4, 0.5) is 10.1 Å². The molecule has 1 aliphatic heterocycles. The minimum atomic E-state index is -1.30. The molecule has 2 fully saturated rings. The molecule has 1 saturated heterocycles. The van der Waals surface area contributed by atoms with E-state index in [1.54, 1.807) is 6.07 Å². The zero-order valence-corrected chi connectivity index (χ0v) is 20.7. The average molecular weight is 521 g/mol. The van der Waals surface area contributed by atoms with Crippen LogP contribution in [0.15, 0.2) is 53.5 Å². The van der Waals surface area contributed by atoms with Gasteiger partial charge in [0.05, 0.1) is 17.7 Å². The fraction of sp³-hybridized carbons (Fsp3) is 0.308. The third-order valence-corrected chi connectivity index (χ3v) is 7.38. The van der Waals surface area contributed by atoms with Gasteiger partial charge in [0.15, 0.2) is 4.77 Å². The molecule has 0 radical (unpaired) electrons. The predicted octanol–water partition coefficient (Wildman–Crippen LogP) is 3.74. The monoisotopic (exact) mass is 520 g/mol. The van der Waals surface area contributed by atoms with Gasteiger partial charge in [-0.1, -0.05) is 18.2 Å². The van der Waals surface area contributed by atoms with Crippen LogP contribution in [0.3, 0.4) is 0 Å². The summed E-state index contributed by atoms with van der Waals surface area (Å²) in [5.41, 5.74) is 0.974. The third-order valence-electron chi connectivity index (χ3n) is 7.11. The normalized spacial score (nSPS) is 16.4. The highest BCUT2D eigenvalue weighted by atomic mass is 32.1. The number of nitrogens with one attached hydrogen (secondary N) is 1. The molecule has 190 valence electrons. The summed E-state index contributed by atoms with van der Waals surface area (Å²) >= 11 is 5.44. The summed E-state index contributed by atoms with van der Waals surface area (Å²) in [5, 5.41) is 16.9. The van der Waals surface area contributed by atoms with Crippen molar-refractivity contribution < 1.29 is 14.3 Å². The third kappa shape index (κ3) is 4.34. The molecule has 0 atom stereocenters. The quantitative estimate of drug-likeness (QED) is 0.374. The standard InChI is InChI=1S/C26H25FN6O3S/c27-20-12-18-21(32(16-6-7-16)14-19(24(18)34)25(35)36)13-22(20)31-10-8-30(9-11-31)15-23-28-29-26(37)33(23)17-4-2-1-3-5-17/h1-5,12-14,16H,6-11,15H2,(H,29,37)(H,35,36). The summed E-state index contributed by atoms with van der Waals surface area (Å²) in [4.78, 5) is 28.6. The molecule has 9 nitrogen and oxygen atoms in total. The van der Waals surface area contributed by atoms with Gasteiger partial charge in [-0.2, -0.15) is 5.10 Å². The van der Waals surface area contributed by atoms with Gasteiger partial charge in [-0.15, -0.1) is 0 Å². The second kappa shape index (κ2) is 9.24. The number of benzene rings is 2. The molecule has 2 aliphatic rings. The molecule has 2 aromatic carbocycles. The lowest BCUT2D eigenvalue weighted by atomic mass is 10.1. The molecule has 37 heavy (non-hydrogen) atoms. The lowest BCUT2D eigenvalue weighted by Crippen LogP contribution is -2.46. The van der Waals surface area contributed by atoms with Crippen molar-refractivity contribution in [3.63, 3.8) is 0 Å². The highest BCUT2D eigenvalue weighted by Crippen LogP contribution is 2.38. The number of anilines is 1. The maximum absolute atomic E-state index is 15.3. The van der Waals surface area contributed by atoms with Gasteiger partial charge in [0.2, 0.25) is 5.43 Å². The second-order valence-electron chi connectivity index (χ2n) is 9.52. The first-order chi connectivity index (χ1) is 17.9. The molecule has 0 spiro atoms. The van der Waals surface area contributed by atoms with E-state index in [-0.39, 0.29) is 17.0 Å². The first-order valence-electron chi connectivity index (χ1n) is 12.2. The van der Waals surface area contributed by atoms with Crippen LogP contribution in [-0.4, -0.2) is 61.5 Å². The number of piperazine rings is 1. The van der Waals surface area contributed by atoms with Gasteiger partial charge in [0.1, 0.15) is 17.2 Å². The van der Waals surface area contributed by atoms with Crippen molar-refractivity contribution in [1.82, 2.24) is 24.2 Å². The van der Waals surface area contributed by atoms with Crippen molar-refractivity contribution in [1.29, 1.82) is 0 Å². The summed E-state index contributed by atoms with van der Waals surface area (Å²) in [7, 11) is 0. The predicted molar refractivity (Wildman–Crippen MR) is 140 cm³/mol. The number of pyridine rings is 1. The molecule has 0 amide bonds. The molecule has 6 rings (SSSR count). The summed E-state index contributed by atoms with van der Waals surface area (Å²) in [6, 6.07) is 12.9. The van der Waals surface area contributed by atoms with Crippen LogP contribution < -0.4 is 10.3 Å².